The molecule has 0 spiro atoms. The molecule has 3 aromatic heterocycles. The molecule has 0 aliphatic carbocycles. The molecular formula is C21H17N5O. The van der Waals surface area contributed by atoms with E-state index >= 15 is 0 Å². The van der Waals surface area contributed by atoms with E-state index in [0.717, 1.165) is 33.1 Å². The molecule has 0 fully saturated rings. The molecular weight excluding hydrogens is 338 g/mol. The van der Waals surface area contributed by atoms with E-state index in [2.05, 4.69) is 27.3 Å². The molecule has 1 N–H and O–H groups in total. The van der Waals surface area contributed by atoms with Gasteiger partial charge in [-0.15, -0.1) is 0 Å². The zero-order valence-electron chi connectivity index (χ0n) is 14.8. The van der Waals surface area contributed by atoms with Crippen molar-refractivity contribution in [2.45, 2.75) is 6.54 Å². The third-order valence-electron chi connectivity index (χ3n) is 4.83. The van der Waals surface area contributed by atoms with Crippen molar-refractivity contribution in [2.75, 3.05) is 0 Å². The summed E-state index contributed by atoms with van der Waals surface area (Å²) < 4.78 is 3.42. The minimum absolute atomic E-state index is 0.0559. The largest absolute Gasteiger partial charge is 0.294 e. The van der Waals surface area contributed by atoms with Crippen molar-refractivity contribution in [2.24, 2.45) is 7.05 Å². The van der Waals surface area contributed by atoms with Crippen molar-refractivity contribution >= 4 is 21.8 Å². The summed E-state index contributed by atoms with van der Waals surface area (Å²) in [5.74, 6) is 0. The van der Waals surface area contributed by atoms with Gasteiger partial charge in [0.25, 0.3) is 5.56 Å². The van der Waals surface area contributed by atoms with Gasteiger partial charge in [0.1, 0.15) is 0 Å². The fourth-order valence-corrected chi connectivity index (χ4v) is 3.42. The molecule has 0 amide bonds. The van der Waals surface area contributed by atoms with Crippen molar-refractivity contribution in [3.63, 3.8) is 0 Å². The molecule has 0 aliphatic heterocycles. The number of aromatic nitrogens is 5. The quantitative estimate of drug-likeness (QED) is 0.540. The van der Waals surface area contributed by atoms with Crippen molar-refractivity contribution in [1.82, 2.24) is 24.5 Å². The Morgan fingerprint density at radius 1 is 0.963 bits per heavy atom. The summed E-state index contributed by atoms with van der Waals surface area (Å²) in [5.41, 5.74) is 4.88. The minimum Gasteiger partial charge on any atom is -0.294 e. The van der Waals surface area contributed by atoms with Crippen molar-refractivity contribution < 1.29 is 0 Å². The van der Waals surface area contributed by atoms with Gasteiger partial charge in [-0.05, 0) is 17.2 Å². The van der Waals surface area contributed by atoms with Gasteiger partial charge in [-0.3, -0.25) is 19.6 Å². The maximum Gasteiger partial charge on any atom is 0.276 e. The number of aryl methyl sites for hydroxylation is 1. The maximum absolute atomic E-state index is 12.7. The van der Waals surface area contributed by atoms with Crippen LogP contribution < -0.4 is 5.56 Å². The highest BCUT2D eigenvalue weighted by molar-refractivity contribution is 6.02. The molecule has 0 saturated heterocycles. The molecule has 6 nitrogen and oxygen atoms in total. The van der Waals surface area contributed by atoms with Gasteiger partial charge < -0.3 is 0 Å². The second-order valence-electron chi connectivity index (χ2n) is 6.67. The Kier molecular flexibility index (Phi) is 3.43. The van der Waals surface area contributed by atoms with Crippen LogP contribution >= 0.6 is 0 Å². The van der Waals surface area contributed by atoms with Crippen LogP contribution in [0.15, 0.2) is 71.9 Å². The third-order valence-corrected chi connectivity index (χ3v) is 4.83. The second-order valence-corrected chi connectivity index (χ2v) is 6.67. The molecule has 0 saturated carbocycles. The molecule has 6 heteroatoms. The first-order chi connectivity index (χ1) is 13.2. The topological polar surface area (TPSA) is 68.5 Å². The molecule has 5 rings (SSSR count). The number of para-hydroxylation sites is 1. The van der Waals surface area contributed by atoms with E-state index in [0.29, 0.717) is 11.9 Å². The van der Waals surface area contributed by atoms with E-state index in [1.807, 2.05) is 55.8 Å². The Bertz CT molecular complexity index is 1320. The number of hydrogen-bond acceptors (Lipinski definition) is 3. The number of hydrogen-bond donors (Lipinski definition) is 1. The van der Waals surface area contributed by atoms with E-state index in [1.165, 1.54) is 0 Å². The number of nitrogens with one attached hydrogen (secondary N) is 1. The van der Waals surface area contributed by atoms with Gasteiger partial charge in [-0.1, -0.05) is 42.5 Å². The van der Waals surface area contributed by atoms with E-state index in [1.54, 1.807) is 15.6 Å². The molecule has 0 unspecified atom stereocenters. The first-order valence-electron chi connectivity index (χ1n) is 8.73. The highest BCUT2D eigenvalue weighted by Gasteiger charge is 2.11. The molecule has 3 heterocycles. The van der Waals surface area contributed by atoms with Crippen LogP contribution in [0.2, 0.25) is 0 Å². The van der Waals surface area contributed by atoms with Gasteiger partial charge in [0.05, 0.1) is 29.2 Å². The summed E-state index contributed by atoms with van der Waals surface area (Å²) >= 11 is 0. The molecule has 0 bridgehead atoms. The fraction of sp³-hybridized carbons (Fsp3) is 0.0952. The summed E-state index contributed by atoms with van der Waals surface area (Å²) in [5, 5.41) is 9.03. The predicted molar refractivity (Wildman–Crippen MR) is 106 cm³/mol. The van der Waals surface area contributed by atoms with E-state index in [4.69, 9.17) is 0 Å². The summed E-state index contributed by atoms with van der Waals surface area (Å²) in [4.78, 5) is 17.1. The van der Waals surface area contributed by atoms with Gasteiger partial charge >= 0.3 is 0 Å². The molecule has 0 radical (unpaired) electrons. The number of pyridine rings is 1. The Balaban J connectivity index is 1.52. The van der Waals surface area contributed by atoms with Crippen LogP contribution in [0.5, 0.6) is 0 Å². The molecule has 27 heavy (non-hydrogen) atoms. The highest BCUT2D eigenvalue weighted by Crippen LogP contribution is 2.21. The lowest BCUT2D eigenvalue weighted by molar-refractivity contribution is 0.673. The van der Waals surface area contributed by atoms with Crippen LogP contribution in [0.3, 0.4) is 0 Å². The Hall–Kier alpha value is -3.67. The van der Waals surface area contributed by atoms with Crippen LogP contribution in [-0.4, -0.2) is 24.5 Å². The second kappa shape index (κ2) is 5.95. The highest BCUT2D eigenvalue weighted by atomic mass is 16.1. The van der Waals surface area contributed by atoms with E-state index in [-0.39, 0.29) is 5.56 Å². The Labute approximate surface area is 154 Å². The van der Waals surface area contributed by atoms with Crippen LogP contribution in [-0.2, 0) is 13.6 Å². The lowest BCUT2D eigenvalue weighted by Crippen LogP contribution is -2.17. The maximum atomic E-state index is 12.7. The van der Waals surface area contributed by atoms with Crippen LogP contribution in [0.4, 0.5) is 0 Å². The van der Waals surface area contributed by atoms with E-state index in [9.17, 15) is 4.79 Å². The Morgan fingerprint density at radius 3 is 2.56 bits per heavy atom. The average Bonchev–Trinajstić information content (AvgIpc) is 3.26. The monoisotopic (exact) mass is 355 g/mol. The zero-order chi connectivity index (χ0) is 18.4. The number of rotatable bonds is 3. The molecule has 0 atom stereocenters. The smallest absolute Gasteiger partial charge is 0.276 e. The SMILES string of the molecule is Cn1cc(-c2ccc(Cn3[nH]c4c(cnc5ccccc54)c3=O)cc2)cn1. The predicted octanol–water partition coefficient (Wildman–Crippen LogP) is 3.33. The summed E-state index contributed by atoms with van der Waals surface area (Å²) in [6, 6.07) is 16.0. The van der Waals surface area contributed by atoms with Crippen LogP contribution in [0.25, 0.3) is 32.9 Å². The van der Waals surface area contributed by atoms with Crippen LogP contribution in [0, 0.1) is 0 Å². The summed E-state index contributed by atoms with van der Waals surface area (Å²) in [6.45, 7) is 0.481. The molecule has 5 aromatic rings. The average molecular weight is 355 g/mol. The zero-order valence-corrected chi connectivity index (χ0v) is 14.8. The molecule has 0 aliphatic rings. The molecule has 2 aromatic carbocycles. The van der Waals surface area contributed by atoms with Crippen LogP contribution in [0.1, 0.15) is 5.56 Å². The number of aromatic amines is 1. The Morgan fingerprint density at radius 2 is 1.78 bits per heavy atom. The summed E-state index contributed by atoms with van der Waals surface area (Å²) in [6.07, 6.45) is 5.48. The van der Waals surface area contributed by atoms with Gasteiger partial charge in [0.15, 0.2) is 0 Å². The lowest BCUT2D eigenvalue weighted by Gasteiger charge is -2.04. The number of fused-ring (bicyclic) bond motifs is 3. The van der Waals surface area contributed by atoms with Gasteiger partial charge in [0.2, 0.25) is 0 Å². The van der Waals surface area contributed by atoms with E-state index < -0.39 is 0 Å². The first-order valence-corrected chi connectivity index (χ1v) is 8.73. The number of nitrogens with zero attached hydrogens (tertiary/aromatic N) is 4. The van der Waals surface area contributed by atoms with Crippen molar-refractivity contribution in [3.8, 4) is 11.1 Å². The standard InChI is InChI=1S/C21H17N5O/c1-25-13-16(10-23-25)15-8-6-14(7-9-15)12-26-21(27)18-11-22-19-5-3-2-4-17(19)20(18)24-26/h2-11,13,24H,12H2,1H3. The number of benzene rings is 2. The number of H-pyrrole nitrogens is 1. The van der Waals surface area contributed by atoms with Gasteiger partial charge in [-0.2, -0.15) is 5.10 Å². The summed E-state index contributed by atoms with van der Waals surface area (Å²) in [7, 11) is 1.90. The normalized spacial score (nSPS) is 11.4. The molecule has 132 valence electrons. The van der Waals surface area contributed by atoms with Gasteiger partial charge in [-0.25, -0.2) is 4.68 Å². The van der Waals surface area contributed by atoms with Crippen molar-refractivity contribution in [3.05, 3.63) is 83.0 Å². The fourth-order valence-electron chi connectivity index (χ4n) is 3.42. The first kappa shape index (κ1) is 15.6. The van der Waals surface area contributed by atoms with Gasteiger partial charge in [0, 0.05) is 30.4 Å². The minimum atomic E-state index is -0.0559. The third kappa shape index (κ3) is 2.62. The van der Waals surface area contributed by atoms with Crippen molar-refractivity contribution in [1.29, 1.82) is 0 Å². The lowest BCUT2D eigenvalue weighted by atomic mass is 10.1.